The summed E-state index contributed by atoms with van der Waals surface area (Å²) in [6, 6.07) is 12.9. The molecule has 3 aliphatic carbocycles. The molecule has 1 aliphatic heterocycles. The first-order valence-electron chi connectivity index (χ1n) is 15.8. The number of guanidine groups is 1. The third kappa shape index (κ3) is 5.74. The van der Waals surface area contributed by atoms with Crippen LogP contribution < -0.4 is 16.2 Å². The van der Waals surface area contributed by atoms with Gasteiger partial charge in [0.05, 0.1) is 16.9 Å². The highest BCUT2D eigenvalue weighted by molar-refractivity contribution is 5.96. The van der Waals surface area contributed by atoms with Crippen LogP contribution in [0.2, 0.25) is 0 Å². The number of hydrogen-bond acceptors (Lipinski definition) is 4. The molecule has 1 aromatic heterocycles. The van der Waals surface area contributed by atoms with Crippen molar-refractivity contribution in [2.24, 2.45) is 28.2 Å². The lowest BCUT2D eigenvalue weighted by atomic mass is 9.45. The lowest BCUT2D eigenvalue weighted by Crippen LogP contribution is -2.57. The smallest absolute Gasteiger partial charge is 0.261 e. The normalized spacial score (nSPS) is 26.7. The highest BCUT2D eigenvalue weighted by atomic mass is 19.1. The summed E-state index contributed by atoms with van der Waals surface area (Å²) in [5, 5.41) is 7.77. The van der Waals surface area contributed by atoms with Gasteiger partial charge < -0.3 is 15.5 Å². The van der Waals surface area contributed by atoms with E-state index in [1.807, 2.05) is 25.1 Å². The standard InChI is InChI=1S/C35H45FN6O/c1-21(2)32-39-31-19-27(11-12-28(31)33(43)42(32)15-13-24-7-9-26(36)10-8-24)38-34(41-16-14-37-22(3)20-41)40-30-18-25-17-29(23(30)4)35(25,5)6/h7-12,19,22-23,25,29-30,37H,1,13-18,20H2,2-6H3,(H,38,40)/t22-,23-,25+,29-,30-/m0/s1. The number of nitrogens with zero attached hydrogens (tertiary/aromatic N) is 4. The zero-order valence-electron chi connectivity index (χ0n) is 26.2. The molecule has 2 heterocycles. The van der Waals surface area contributed by atoms with Crippen LogP contribution in [0.1, 0.15) is 58.8 Å². The molecule has 0 unspecified atom stereocenters. The number of piperazine rings is 1. The van der Waals surface area contributed by atoms with Crippen LogP contribution in [0.5, 0.6) is 0 Å². The Balaban J connectivity index is 1.30. The van der Waals surface area contributed by atoms with Crippen molar-refractivity contribution in [2.45, 2.75) is 72.5 Å². The minimum absolute atomic E-state index is 0.0978. The summed E-state index contributed by atoms with van der Waals surface area (Å²) < 4.78 is 15.1. The van der Waals surface area contributed by atoms with Gasteiger partial charge in [0, 0.05) is 37.9 Å². The topological polar surface area (TPSA) is 74.6 Å². The Morgan fingerprint density at radius 3 is 2.63 bits per heavy atom. The Labute approximate surface area is 254 Å². The van der Waals surface area contributed by atoms with Gasteiger partial charge in [0.1, 0.15) is 11.6 Å². The molecule has 4 aliphatic rings. The van der Waals surface area contributed by atoms with Crippen LogP contribution in [0.3, 0.4) is 0 Å². The number of allylic oxidation sites excluding steroid dienone is 1. The number of halogens is 1. The summed E-state index contributed by atoms with van der Waals surface area (Å²) in [6.07, 6.45) is 3.06. The van der Waals surface area contributed by atoms with Crippen molar-refractivity contribution >= 4 is 28.1 Å². The third-order valence-corrected chi connectivity index (χ3v) is 10.4. The van der Waals surface area contributed by atoms with E-state index < -0.39 is 0 Å². The molecular weight excluding hydrogens is 539 g/mol. The number of fused-ring (bicyclic) bond motifs is 3. The van der Waals surface area contributed by atoms with Crippen LogP contribution >= 0.6 is 0 Å². The largest absolute Gasteiger partial charge is 0.340 e. The van der Waals surface area contributed by atoms with Crippen LogP contribution in [-0.4, -0.2) is 52.1 Å². The Morgan fingerprint density at radius 2 is 1.95 bits per heavy atom. The predicted molar refractivity (Wildman–Crippen MR) is 174 cm³/mol. The fourth-order valence-corrected chi connectivity index (χ4v) is 7.62. The number of nitrogens with one attached hydrogen (secondary N) is 2. The first-order chi connectivity index (χ1) is 20.5. The second-order valence-electron chi connectivity index (χ2n) is 13.7. The number of anilines is 1. The molecule has 43 heavy (non-hydrogen) atoms. The van der Waals surface area contributed by atoms with Gasteiger partial charge in [0.25, 0.3) is 5.56 Å². The predicted octanol–water partition coefficient (Wildman–Crippen LogP) is 5.94. The van der Waals surface area contributed by atoms with Crippen LogP contribution in [0, 0.1) is 29.0 Å². The van der Waals surface area contributed by atoms with E-state index >= 15 is 0 Å². The summed E-state index contributed by atoms with van der Waals surface area (Å²) in [5.41, 5.74) is 3.51. The highest BCUT2D eigenvalue weighted by Crippen LogP contribution is 2.61. The number of hydrogen-bond donors (Lipinski definition) is 2. The molecule has 5 atom stereocenters. The fraction of sp³-hybridized carbons (Fsp3) is 0.514. The molecule has 4 fully saturated rings. The number of aryl methyl sites for hydroxylation is 1. The third-order valence-electron chi connectivity index (χ3n) is 10.4. The average molecular weight is 585 g/mol. The highest BCUT2D eigenvalue weighted by Gasteiger charge is 2.56. The monoisotopic (exact) mass is 584 g/mol. The lowest BCUT2D eigenvalue weighted by Gasteiger charge is -2.61. The average Bonchev–Trinajstić information content (AvgIpc) is 2.97. The van der Waals surface area contributed by atoms with Crippen molar-refractivity contribution in [1.82, 2.24) is 19.8 Å². The van der Waals surface area contributed by atoms with Crippen molar-refractivity contribution < 1.29 is 4.39 Å². The molecule has 2 bridgehead atoms. The molecular formula is C35H45FN6O. The molecule has 3 saturated carbocycles. The van der Waals surface area contributed by atoms with Gasteiger partial charge in [0.15, 0.2) is 5.96 Å². The second kappa shape index (κ2) is 11.5. The zero-order valence-corrected chi connectivity index (χ0v) is 26.2. The molecule has 1 saturated heterocycles. The molecule has 0 spiro atoms. The Morgan fingerprint density at radius 1 is 1.19 bits per heavy atom. The molecule has 0 amide bonds. The fourth-order valence-electron chi connectivity index (χ4n) is 7.62. The van der Waals surface area contributed by atoms with Crippen molar-refractivity contribution in [1.29, 1.82) is 0 Å². The van der Waals surface area contributed by atoms with Crippen molar-refractivity contribution in [3.8, 4) is 0 Å². The van der Waals surface area contributed by atoms with Gasteiger partial charge in [-0.25, -0.2) is 14.4 Å². The Kier molecular flexibility index (Phi) is 7.92. The maximum absolute atomic E-state index is 13.7. The van der Waals surface area contributed by atoms with Gasteiger partial charge in [-0.15, -0.1) is 0 Å². The second-order valence-corrected chi connectivity index (χ2v) is 13.7. The van der Waals surface area contributed by atoms with Crippen molar-refractivity contribution in [3.63, 3.8) is 0 Å². The number of benzene rings is 2. The molecule has 2 aromatic carbocycles. The molecule has 2 N–H and O–H groups in total. The number of aromatic nitrogens is 2. The van der Waals surface area contributed by atoms with E-state index in [4.69, 9.17) is 9.98 Å². The van der Waals surface area contributed by atoms with Crippen LogP contribution in [-0.2, 0) is 13.0 Å². The van der Waals surface area contributed by atoms with E-state index in [-0.39, 0.29) is 11.4 Å². The van der Waals surface area contributed by atoms with E-state index in [1.54, 1.807) is 16.7 Å². The van der Waals surface area contributed by atoms with E-state index in [0.717, 1.165) is 60.7 Å². The number of rotatable bonds is 6. The summed E-state index contributed by atoms with van der Waals surface area (Å²) in [7, 11) is 0. The molecule has 228 valence electrons. The first kappa shape index (κ1) is 29.5. The minimum atomic E-state index is -0.270. The molecule has 7 rings (SSSR count). The minimum Gasteiger partial charge on any atom is -0.340 e. The van der Waals surface area contributed by atoms with Gasteiger partial charge in [0.2, 0.25) is 0 Å². The lowest BCUT2D eigenvalue weighted by molar-refractivity contribution is -0.108. The molecule has 8 heteroatoms. The van der Waals surface area contributed by atoms with Gasteiger partial charge in [-0.05, 0) is 97.7 Å². The van der Waals surface area contributed by atoms with E-state index in [9.17, 15) is 9.18 Å². The molecule has 0 radical (unpaired) electrons. The molecule has 3 aromatic rings. The maximum atomic E-state index is 13.7. The van der Waals surface area contributed by atoms with Gasteiger partial charge >= 0.3 is 0 Å². The van der Waals surface area contributed by atoms with Crippen LogP contribution in [0.15, 0.2) is 58.8 Å². The van der Waals surface area contributed by atoms with E-state index in [2.05, 4.69) is 49.8 Å². The van der Waals surface area contributed by atoms with Crippen molar-refractivity contribution in [2.75, 3.05) is 25.0 Å². The Hall–Kier alpha value is -3.52. The SMILES string of the molecule is C=C(C)c1nc2cc(NC(=N[C@H]3C[C@H]4C[C@@H]([C@@H]3C)C4(C)C)N3CCN[C@@H](C)C3)ccc2c(=O)n1CCc1ccc(F)cc1. The zero-order chi connectivity index (χ0) is 30.5. The summed E-state index contributed by atoms with van der Waals surface area (Å²) in [4.78, 5) is 26.4. The van der Waals surface area contributed by atoms with Gasteiger partial charge in [-0.1, -0.05) is 39.5 Å². The van der Waals surface area contributed by atoms with Crippen LogP contribution in [0.25, 0.3) is 16.5 Å². The first-order valence-corrected chi connectivity index (χ1v) is 15.8. The van der Waals surface area contributed by atoms with Gasteiger partial charge in [-0.3, -0.25) is 9.36 Å². The maximum Gasteiger partial charge on any atom is 0.261 e. The summed E-state index contributed by atoms with van der Waals surface area (Å²) >= 11 is 0. The summed E-state index contributed by atoms with van der Waals surface area (Å²) in [6.45, 7) is 18.6. The van der Waals surface area contributed by atoms with Crippen LogP contribution in [0.4, 0.5) is 10.1 Å². The summed E-state index contributed by atoms with van der Waals surface area (Å²) in [5.74, 6) is 3.21. The number of aliphatic imine (C=N–C) groups is 1. The quantitative estimate of drug-likeness (QED) is 0.277. The Bertz CT molecular complexity index is 1610. The van der Waals surface area contributed by atoms with E-state index in [0.29, 0.717) is 53.1 Å². The van der Waals surface area contributed by atoms with E-state index in [1.165, 1.54) is 18.6 Å². The van der Waals surface area contributed by atoms with Crippen molar-refractivity contribution in [3.05, 3.63) is 76.6 Å². The molecule has 7 nitrogen and oxygen atoms in total. The van der Waals surface area contributed by atoms with Gasteiger partial charge in [-0.2, -0.15) is 0 Å².